The van der Waals surface area contributed by atoms with Crippen LogP contribution in [0.3, 0.4) is 0 Å². The summed E-state index contributed by atoms with van der Waals surface area (Å²) in [6.07, 6.45) is 4.14. The van der Waals surface area contributed by atoms with Crippen molar-refractivity contribution in [2.45, 2.75) is 24.7 Å². The van der Waals surface area contributed by atoms with Gasteiger partial charge in [0.25, 0.3) is 0 Å². The first kappa shape index (κ1) is 16.4. The van der Waals surface area contributed by atoms with Crippen molar-refractivity contribution in [3.05, 3.63) is 22.9 Å². The molecule has 8 heteroatoms. The van der Waals surface area contributed by atoms with Crippen LogP contribution in [0.25, 0.3) is 0 Å². The summed E-state index contributed by atoms with van der Waals surface area (Å²) in [6, 6.07) is 1.51. The van der Waals surface area contributed by atoms with E-state index in [0.29, 0.717) is 30.5 Å². The summed E-state index contributed by atoms with van der Waals surface area (Å²) in [4.78, 5) is 15.8. The first-order valence-electron chi connectivity index (χ1n) is 6.72. The monoisotopic (exact) mass is 376 g/mol. The molecular weight excluding hydrogens is 360 g/mol. The van der Waals surface area contributed by atoms with Crippen molar-refractivity contribution in [2.24, 2.45) is 5.92 Å². The molecule has 0 saturated carbocycles. The molecule has 2 rings (SSSR count). The third-order valence-electron chi connectivity index (χ3n) is 3.32. The Labute approximate surface area is 132 Å². The fraction of sp³-hybridized carbons (Fsp3) is 0.538. The predicted molar refractivity (Wildman–Crippen MR) is 80.1 cm³/mol. The molecule has 0 amide bonds. The first-order valence-corrected chi connectivity index (χ1v) is 8.95. The Balaban J connectivity index is 2.18. The summed E-state index contributed by atoms with van der Waals surface area (Å²) in [5.41, 5.74) is 0. The highest BCUT2D eigenvalue weighted by Crippen LogP contribution is 2.25. The SMILES string of the molecule is CCOC(=O)C1CCCN(S(=O)(=O)c2cncc(Br)c2)C1. The summed E-state index contributed by atoms with van der Waals surface area (Å²) in [7, 11) is -3.63. The molecule has 6 nitrogen and oxygen atoms in total. The van der Waals surface area contributed by atoms with Crippen LogP contribution in [0.15, 0.2) is 27.8 Å². The van der Waals surface area contributed by atoms with E-state index in [1.807, 2.05) is 0 Å². The van der Waals surface area contributed by atoms with Crippen molar-refractivity contribution in [1.29, 1.82) is 0 Å². The van der Waals surface area contributed by atoms with Crippen molar-refractivity contribution in [2.75, 3.05) is 19.7 Å². The minimum atomic E-state index is -3.63. The van der Waals surface area contributed by atoms with E-state index < -0.39 is 15.9 Å². The number of hydrogen-bond donors (Lipinski definition) is 0. The second-order valence-electron chi connectivity index (χ2n) is 4.79. The molecular formula is C13H17BrN2O4S. The highest BCUT2D eigenvalue weighted by Gasteiger charge is 2.34. The van der Waals surface area contributed by atoms with Gasteiger partial charge < -0.3 is 4.74 Å². The average Bonchev–Trinajstić information content (AvgIpc) is 2.47. The number of aromatic nitrogens is 1. The minimum Gasteiger partial charge on any atom is -0.466 e. The molecule has 1 aromatic rings. The lowest BCUT2D eigenvalue weighted by atomic mass is 10.0. The summed E-state index contributed by atoms with van der Waals surface area (Å²) in [5.74, 6) is -0.724. The van der Waals surface area contributed by atoms with Gasteiger partial charge >= 0.3 is 5.97 Å². The van der Waals surface area contributed by atoms with Gasteiger partial charge in [-0.1, -0.05) is 0 Å². The zero-order valence-electron chi connectivity index (χ0n) is 11.7. The maximum absolute atomic E-state index is 12.6. The predicted octanol–water partition coefficient (Wildman–Crippen LogP) is 1.81. The van der Waals surface area contributed by atoms with Gasteiger partial charge in [0.15, 0.2) is 0 Å². The van der Waals surface area contributed by atoms with Crippen LogP contribution < -0.4 is 0 Å². The number of pyridine rings is 1. The first-order chi connectivity index (χ1) is 9.95. The van der Waals surface area contributed by atoms with Crippen LogP contribution in [-0.2, 0) is 19.6 Å². The smallest absolute Gasteiger partial charge is 0.310 e. The van der Waals surface area contributed by atoms with Crippen LogP contribution in [0.4, 0.5) is 0 Å². The van der Waals surface area contributed by atoms with Gasteiger partial charge in [-0.25, -0.2) is 8.42 Å². The number of hydrogen-bond acceptors (Lipinski definition) is 5. The highest BCUT2D eigenvalue weighted by molar-refractivity contribution is 9.10. The van der Waals surface area contributed by atoms with Crippen LogP contribution in [0.1, 0.15) is 19.8 Å². The molecule has 2 heterocycles. The Kier molecular flexibility index (Phi) is 5.34. The number of esters is 1. The van der Waals surface area contributed by atoms with Crippen LogP contribution in [0, 0.1) is 5.92 Å². The zero-order valence-corrected chi connectivity index (χ0v) is 14.1. The van der Waals surface area contributed by atoms with E-state index in [0.717, 1.165) is 0 Å². The van der Waals surface area contributed by atoms with E-state index in [2.05, 4.69) is 20.9 Å². The summed E-state index contributed by atoms with van der Waals surface area (Å²) in [6.45, 7) is 2.61. The fourth-order valence-electron chi connectivity index (χ4n) is 2.30. The molecule has 1 aliphatic rings. The molecule has 116 valence electrons. The molecule has 1 aliphatic heterocycles. The quantitative estimate of drug-likeness (QED) is 0.748. The number of nitrogens with zero attached hydrogens (tertiary/aromatic N) is 2. The lowest BCUT2D eigenvalue weighted by Gasteiger charge is -2.30. The van der Waals surface area contributed by atoms with Crippen molar-refractivity contribution in [3.63, 3.8) is 0 Å². The Morgan fingerprint density at radius 1 is 1.52 bits per heavy atom. The third-order valence-corrected chi connectivity index (χ3v) is 5.59. The minimum absolute atomic E-state index is 0.126. The maximum Gasteiger partial charge on any atom is 0.310 e. The van der Waals surface area contributed by atoms with E-state index in [9.17, 15) is 13.2 Å². The lowest BCUT2D eigenvalue weighted by molar-refractivity contribution is -0.149. The van der Waals surface area contributed by atoms with E-state index in [1.54, 1.807) is 6.92 Å². The lowest BCUT2D eigenvalue weighted by Crippen LogP contribution is -2.42. The zero-order chi connectivity index (χ0) is 15.5. The number of sulfonamides is 1. The number of carbonyl (C=O) groups excluding carboxylic acids is 1. The maximum atomic E-state index is 12.6. The van der Waals surface area contributed by atoms with E-state index in [4.69, 9.17) is 4.74 Å². The molecule has 1 aromatic heterocycles. The number of piperidine rings is 1. The van der Waals surface area contributed by atoms with Gasteiger partial charge in [-0.2, -0.15) is 4.31 Å². The van der Waals surface area contributed by atoms with Crippen molar-refractivity contribution in [1.82, 2.24) is 9.29 Å². The Bertz CT molecular complexity index is 620. The Morgan fingerprint density at radius 3 is 2.95 bits per heavy atom. The van der Waals surface area contributed by atoms with Crippen LogP contribution in [0.5, 0.6) is 0 Å². The second kappa shape index (κ2) is 6.85. The molecule has 0 aromatic carbocycles. The molecule has 0 N–H and O–H groups in total. The highest BCUT2D eigenvalue weighted by atomic mass is 79.9. The molecule has 0 bridgehead atoms. The molecule has 0 aliphatic carbocycles. The van der Waals surface area contributed by atoms with Crippen LogP contribution >= 0.6 is 15.9 Å². The topological polar surface area (TPSA) is 76.6 Å². The molecule has 0 radical (unpaired) electrons. The van der Waals surface area contributed by atoms with E-state index in [1.165, 1.54) is 22.8 Å². The summed E-state index contributed by atoms with van der Waals surface area (Å²) in [5, 5.41) is 0. The largest absolute Gasteiger partial charge is 0.466 e. The third kappa shape index (κ3) is 3.81. The van der Waals surface area contributed by atoms with Crippen LogP contribution in [0.2, 0.25) is 0 Å². The molecule has 1 unspecified atom stereocenters. The Morgan fingerprint density at radius 2 is 2.29 bits per heavy atom. The summed E-state index contributed by atoms with van der Waals surface area (Å²) < 4.78 is 32.1. The van der Waals surface area contributed by atoms with Gasteiger partial charge in [0.05, 0.1) is 12.5 Å². The molecule has 1 fully saturated rings. The van der Waals surface area contributed by atoms with Gasteiger partial charge in [-0.3, -0.25) is 9.78 Å². The number of rotatable bonds is 4. The standard InChI is InChI=1S/C13H17BrN2O4S/c1-2-20-13(17)10-4-3-5-16(9-10)21(18,19)12-6-11(14)7-15-8-12/h6-8,10H,2-5,9H2,1H3. The molecule has 1 saturated heterocycles. The normalized spacial score (nSPS) is 20.2. The van der Waals surface area contributed by atoms with Crippen molar-refractivity contribution >= 4 is 31.9 Å². The molecule has 1 atom stereocenters. The summed E-state index contributed by atoms with van der Waals surface area (Å²) >= 11 is 3.21. The van der Waals surface area contributed by atoms with E-state index >= 15 is 0 Å². The molecule has 21 heavy (non-hydrogen) atoms. The number of carbonyl (C=O) groups is 1. The van der Waals surface area contributed by atoms with Crippen molar-refractivity contribution in [3.8, 4) is 0 Å². The van der Waals surface area contributed by atoms with Gasteiger partial charge in [0, 0.05) is 30.0 Å². The fourth-order valence-corrected chi connectivity index (χ4v) is 4.33. The van der Waals surface area contributed by atoms with Crippen molar-refractivity contribution < 1.29 is 17.9 Å². The van der Waals surface area contributed by atoms with Gasteiger partial charge in [0.1, 0.15) is 4.90 Å². The van der Waals surface area contributed by atoms with Gasteiger partial charge in [-0.05, 0) is 41.8 Å². The van der Waals surface area contributed by atoms with E-state index in [-0.39, 0.29) is 17.4 Å². The second-order valence-corrected chi connectivity index (χ2v) is 7.65. The van der Waals surface area contributed by atoms with Gasteiger partial charge in [0.2, 0.25) is 10.0 Å². The number of ether oxygens (including phenoxy) is 1. The Hall–Kier alpha value is -0.990. The molecule has 0 spiro atoms. The number of halogens is 1. The average molecular weight is 377 g/mol. The van der Waals surface area contributed by atoms with Gasteiger partial charge in [-0.15, -0.1) is 0 Å². The van der Waals surface area contributed by atoms with Crippen LogP contribution in [-0.4, -0.2) is 43.4 Å².